The number of para-hydroxylation sites is 1. The Morgan fingerprint density at radius 2 is 1.47 bits per heavy atom. The Bertz CT molecular complexity index is 2460. The first-order valence-corrected chi connectivity index (χ1v) is 16.6. The van der Waals surface area contributed by atoms with Gasteiger partial charge in [0.25, 0.3) is 16.0 Å². The van der Waals surface area contributed by atoms with Crippen LogP contribution in [0.25, 0.3) is 10.8 Å². The lowest BCUT2D eigenvalue weighted by Gasteiger charge is -2.12. The molecule has 5 aromatic carbocycles. The Kier molecular flexibility index (Phi) is 9.55. The molecule has 0 fully saturated rings. The van der Waals surface area contributed by atoms with Crippen molar-refractivity contribution in [2.24, 2.45) is 10.2 Å². The molecule has 1 amide bonds. The molecule has 51 heavy (non-hydrogen) atoms. The number of carbonyl (C=O) groups excluding carboxylic acids is 1. The third kappa shape index (κ3) is 8.22. The standard InChI is InChI=1S/C34H25ClN8O7S/c1-18-7-10-22(11-8-18)37-33-39-32(35)40-34(41-33)38-23-15-24(17-25(16-23)51(48,49)50)42-43-28-26-12-9-19(31(46)47)13-20(26)14-27(29(28)44)30(45)36-21-5-3-2-4-6-21/h2-17,44H,1H3,(H,36,45)(H,46,47)(H,48,49,50)(H2,37,38,39,40,41). The number of benzene rings is 5. The van der Waals surface area contributed by atoms with E-state index in [-0.39, 0.29) is 56.1 Å². The second kappa shape index (κ2) is 14.2. The van der Waals surface area contributed by atoms with Crippen molar-refractivity contribution in [1.82, 2.24) is 15.0 Å². The molecule has 256 valence electrons. The summed E-state index contributed by atoms with van der Waals surface area (Å²) in [5, 5.41) is 37.9. The van der Waals surface area contributed by atoms with E-state index in [9.17, 15) is 32.8 Å². The molecule has 0 bridgehead atoms. The summed E-state index contributed by atoms with van der Waals surface area (Å²) in [6, 6.07) is 24.6. The van der Waals surface area contributed by atoms with Crippen molar-refractivity contribution in [3.63, 3.8) is 0 Å². The molecular weight excluding hydrogens is 700 g/mol. The molecule has 6 rings (SSSR count). The quantitative estimate of drug-likeness (QED) is 0.0587. The second-order valence-corrected chi connectivity index (χ2v) is 12.7. The number of aromatic carboxylic acids is 1. The van der Waals surface area contributed by atoms with Gasteiger partial charge in [-0.2, -0.15) is 28.5 Å². The van der Waals surface area contributed by atoms with E-state index in [1.807, 2.05) is 31.2 Å². The number of aryl methyl sites for hydroxylation is 1. The van der Waals surface area contributed by atoms with Crippen molar-refractivity contribution >= 4 is 84.7 Å². The molecule has 1 heterocycles. The maximum Gasteiger partial charge on any atom is 0.335 e. The smallest absolute Gasteiger partial charge is 0.335 e. The number of hydrogen-bond donors (Lipinski definition) is 6. The highest BCUT2D eigenvalue weighted by Crippen LogP contribution is 2.40. The van der Waals surface area contributed by atoms with Gasteiger partial charge >= 0.3 is 5.97 Å². The SMILES string of the molecule is Cc1ccc(Nc2nc(Cl)nc(Nc3cc(N=Nc4c(O)c(C(=O)Nc5ccccc5)cc5cc(C(=O)O)ccc45)cc(S(=O)(=O)O)c3)n2)cc1. The van der Waals surface area contributed by atoms with Gasteiger partial charge in [0, 0.05) is 22.4 Å². The van der Waals surface area contributed by atoms with Crippen molar-refractivity contribution in [3.05, 3.63) is 119 Å². The van der Waals surface area contributed by atoms with Gasteiger partial charge in [-0.1, -0.05) is 42.0 Å². The largest absolute Gasteiger partial charge is 0.505 e. The molecule has 0 unspecified atom stereocenters. The zero-order valence-electron chi connectivity index (χ0n) is 26.2. The molecule has 0 spiro atoms. The highest BCUT2D eigenvalue weighted by molar-refractivity contribution is 7.85. The van der Waals surface area contributed by atoms with Crippen LogP contribution in [-0.4, -0.2) is 50.0 Å². The Hall–Kier alpha value is -6.49. The third-order valence-electron chi connectivity index (χ3n) is 7.24. The van der Waals surface area contributed by atoms with Crippen molar-refractivity contribution in [2.75, 3.05) is 16.0 Å². The van der Waals surface area contributed by atoms with Crippen LogP contribution in [0.3, 0.4) is 0 Å². The number of azo groups is 1. The first kappa shape index (κ1) is 34.4. The number of phenolic OH excluding ortho intramolecular Hbond substituents is 1. The second-order valence-electron chi connectivity index (χ2n) is 10.9. The number of nitrogens with one attached hydrogen (secondary N) is 3. The molecule has 0 saturated heterocycles. The minimum Gasteiger partial charge on any atom is -0.505 e. The zero-order chi connectivity index (χ0) is 36.3. The highest BCUT2D eigenvalue weighted by atomic mass is 35.5. The summed E-state index contributed by atoms with van der Waals surface area (Å²) in [4.78, 5) is 36.8. The average Bonchev–Trinajstić information content (AvgIpc) is 3.08. The number of nitrogens with zero attached hydrogens (tertiary/aromatic N) is 5. The van der Waals surface area contributed by atoms with Gasteiger partial charge < -0.3 is 26.2 Å². The van der Waals surface area contributed by atoms with Gasteiger partial charge in [-0.3, -0.25) is 9.35 Å². The number of carboxylic acids is 1. The third-order valence-corrected chi connectivity index (χ3v) is 8.24. The zero-order valence-corrected chi connectivity index (χ0v) is 27.8. The number of carboxylic acid groups (broad SMARTS) is 1. The fourth-order valence-electron chi connectivity index (χ4n) is 4.83. The van der Waals surface area contributed by atoms with E-state index in [4.69, 9.17) is 11.6 Å². The molecular formula is C34H25ClN8O7S. The number of hydrogen-bond acceptors (Lipinski definition) is 12. The van der Waals surface area contributed by atoms with Gasteiger partial charge in [-0.15, -0.1) is 5.11 Å². The van der Waals surface area contributed by atoms with Gasteiger partial charge in [0.05, 0.1) is 21.7 Å². The van der Waals surface area contributed by atoms with Gasteiger partial charge in [0.2, 0.25) is 17.2 Å². The summed E-state index contributed by atoms with van der Waals surface area (Å²) in [7, 11) is -4.78. The van der Waals surface area contributed by atoms with Crippen LogP contribution in [0.2, 0.25) is 5.28 Å². The van der Waals surface area contributed by atoms with E-state index in [1.54, 1.807) is 30.3 Å². The van der Waals surface area contributed by atoms with E-state index in [2.05, 4.69) is 41.1 Å². The lowest BCUT2D eigenvalue weighted by Crippen LogP contribution is -2.12. The lowest BCUT2D eigenvalue weighted by atomic mass is 10.0. The number of phenols is 1. The minimum absolute atomic E-state index is 0.0406. The molecule has 0 atom stereocenters. The fraction of sp³-hybridized carbons (Fsp3) is 0.0294. The molecule has 0 saturated carbocycles. The number of halogens is 1. The van der Waals surface area contributed by atoms with Crippen LogP contribution in [0.4, 0.5) is 40.3 Å². The summed E-state index contributed by atoms with van der Waals surface area (Å²) < 4.78 is 34.4. The molecule has 0 aliphatic carbocycles. The van der Waals surface area contributed by atoms with Crippen molar-refractivity contribution in [1.29, 1.82) is 0 Å². The Labute approximate surface area is 294 Å². The van der Waals surface area contributed by atoms with E-state index >= 15 is 0 Å². The number of rotatable bonds is 10. The maximum atomic E-state index is 13.3. The van der Waals surface area contributed by atoms with E-state index in [1.165, 1.54) is 30.3 Å². The first-order chi connectivity index (χ1) is 24.3. The van der Waals surface area contributed by atoms with Crippen molar-refractivity contribution in [3.8, 4) is 5.75 Å². The normalized spacial score (nSPS) is 11.4. The van der Waals surface area contributed by atoms with E-state index in [0.29, 0.717) is 11.4 Å². The molecule has 1 aromatic heterocycles. The van der Waals surface area contributed by atoms with Gasteiger partial charge in [-0.05, 0) is 84.6 Å². The predicted molar refractivity (Wildman–Crippen MR) is 190 cm³/mol. The molecule has 6 aromatic rings. The Morgan fingerprint density at radius 1 is 0.784 bits per heavy atom. The summed E-state index contributed by atoms with van der Waals surface area (Å²) in [6.07, 6.45) is 0. The molecule has 0 aliphatic rings. The average molecular weight is 725 g/mol. The lowest BCUT2D eigenvalue weighted by molar-refractivity contribution is 0.0696. The molecule has 17 heteroatoms. The van der Waals surface area contributed by atoms with Gasteiger partial charge in [-0.25, -0.2) is 4.79 Å². The molecule has 6 N–H and O–H groups in total. The Morgan fingerprint density at radius 3 is 2.14 bits per heavy atom. The number of carbonyl (C=O) groups is 2. The summed E-state index contributed by atoms with van der Waals surface area (Å²) in [5.74, 6) is -2.53. The van der Waals surface area contributed by atoms with Crippen LogP contribution in [-0.2, 0) is 10.1 Å². The van der Waals surface area contributed by atoms with Crippen LogP contribution >= 0.6 is 11.6 Å². The minimum atomic E-state index is -4.78. The molecule has 15 nitrogen and oxygen atoms in total. The Balaban J connectivity index is 1.39. The summed E-state index contributed by atoms with van der Waals surface area (Å²) >= 11 is 6.13. The summed E-state index contributed by atoms with van der Waals surface area (Å²) in [5.41, 5.74) is 1.52. The topological polar surface area (TPSA) is 228 Å². The predicted octanol–water partition coefficient (Wildman–Crippen LogP) is 7.79. The number of aromatic hydroxyl groups is 1. The van der Waals surface area contributed by atoms with E-state index in [0.717, 1.165) is 17.7 Å². The van der Waals surface area contributed by atoms with Crippen molar-refractivity contribution in [2.45, 2.75) is 11.8 Å². The van der Waals surface area contributed by atoms with Crippen LogP contribution in [0.15, 0.2) is 112 Å². The van der Waals surface area contributed by atoms with Crippen LogP contribution in [0.5, 0.6) is 5.75 Å². The first-order valence-electron chi connectivity index (χ1n) is 14.8. The number of aromatic nitrogens is 3. The molecule has 0 radical (unpaired) electrons. The van der Waals surface area contributed by atoms with Crippen LogP contribution in [0.1, 0.15) is 26.3 Å². The summed E-state index contributed by atoms with van der Waals surface area (Å²) in [6.45, 7) is 1.94. The molecule has 0 aliphatic heterocycles. The van der Waals surface area contributed by atoms with Crippen LogP contribution in [0, 0.1) is 6.92 Å². The number of anilines is 5. The number of amides is 1. The van der Waals surface area contributed by atoms with Crippen molar-refractivity contribution < 1.29 is 32.8 Å². The monoisotopic (exact) mass is 724 g/mol. The van der Waals surface area contributed by atoms with E-state index < -0.39 is 32.6 Å². The van der Waals surface area contributed by atoms with Gasteiger partial charge in [0.15, 0.2) is 5.75 Å². The van der Waals surface area contributed by atoms with Gasteiger partial charge in [0.1, 0.15) is 5.69 Å². The highest BCUT2D eigenvalue weighted by Gasteiger charge is 2.20. The number of fused-ring (bicyclic) bond motifs is 1. The van der Waals surface area contributed by atoms with Crippen LogP contribution < -0.4 is 16.0 Å². The maximum absolute atomic E-state index is 13.3. The fourth-order valence-corrected chi connectivity index (χ4v) is 5.54.